The summed E-state index contributed by atoms with van der Waals surface area (Å²) in [7, 11) is -0.876. The van der Waals surface area contributed by atoms with Gasteiger partial charge >= 0.3 is 6.03 Å². The molecule has 1 saturated carbocycles. The summed E-state index contributed by atoms with van der Waals surface area (Å²) < 4.78 is 18.7. The van der Waals surface area contributed by atoms with Crippen molar-refractivity contribution in [2.45, 2.75) is 56.9 Å². The number of nitrogens with zero attached hydrogens (tertiary/aromatic N) is 4. The number of urea groups is 1. The Morgan fingerprint density at radius 2 is 1.62 bits per heavy atom. The number of piperidine rings is 1. The SMILES string of the molecule is COc1cc(N2CCC(NCCNCC3CCC(c4ccc(N5CCC(=O)NC5=O)cc4)CC3)CC2)ccc1Nc1ncc(Cl)c(Nc2ccccc2P(C)(C)=O)n1. The maximum Gasteiger partial charge on any atom is 0.328 e. The molecule has 1 aromatic heterocycles. The van der Waals surface area contributed by atoms with Gasteiger partial charge in [-0.15, -0.1) is 0 Å². The summed E-state index contributed by atoms with van der Waals surface area (Å²) >= 11 is 6.47. The molecule has 13 nitrogen and oxygen atoms in total. The second-order valence-electron chi connectivity index (χ2n) is 15.9. The highest BCUT2D eigenvalue weighted by molar-refractivity contribution is 7.70. The lowest BCUT2D eigenvalue weighted by Gasteiger charge is -2.34. The van der Waals surface area contributed by atoms with E-state index in [2.05, 4.69) is 65.7 Å². The minimum atomic E-state index is -2.54. The van der Waals surface area contributed by atoms with Crippen LogP contribution in [-0.4, -0.2) is 87.7 Å². The van der Waals surface area contributed by atoms with Gasteiger partial charge in [0.25, 0.3) is 0 Å². The van der Waals surface area contributed by atoms with Gasteiger partial charge in [-0.2, -0.15) is 4.98 Å². The first-order valence-electron chi connectivity index (χ1n) is 20.3. The molecular weight excluding hydrogens is 773 g/mol. The number of carbonyl (C=O) groups excluding carboxylic acids is 2. The third-order valence-electron chi connectivity index (χ3n) is 11.5. The average Bonchev–Trinajstić information content (AvgIpc) is 3.22. The Balaban J connectivity index is 0.812. The van der Waals surface area contributed by atoms with Crippen molar-refractivity contribution in [1.29, 1.82) is 0 Å². The van der Waals surface area contributed by atoms with E-state index in [4.69, 9.17) is 16.3 Å². The van der Waals surface area contributed by atoms with E-state index in [1.807, 2.05) is 42.5 Å². The summed E-state index contributed by atoms with van der Waals surface area (Å²) in [6.45, 7) is 8.80. The number of carbonyl (C=O) groups is 2. The number of rotatable bonds is 15. The van der Waals surface area contributed by atoms with E-state index in [9.17, 15) is 14.2 Å². The smallest absolute Gasteiger partial charge is 0.328 e. The number of benzene rings is 3. The van der Waals surface area contributed by atoms with Crippen LogP contribution in [-0.2, 0) is 9.36 Å². The van der Waals surface area contributed by atoms with Crippen molar-refractivity contribution in [3.63, 3.8) is 0 Å². The van der Waals surface area contributed by atoms with Crippen LogP contribution < -0.4 is 46.4 Å². The van der Waals surface area contributed by atoms with Crippen LogP contribution in [0.4, 0.5) is 39.3 Å². The van der Waals surface area contributed by atoms with E-state index in [1.54, 1.807) is 25.3 Å². The monoisotopic (exact) mass is 827 g/mol. The van der Waals surface area contributed by atoms with Crippen LogP contribution >= 0.6 is 18.7 Å². The van der Waals surface area contributed by atoms with E-state index < -0.39 is 7.14 Å². The molecule has 0 radical (unpaired) electrons. The first-order valence-corrected chi connectivity index (χ1v) is 23.3. The predicted octanol–water partition coefficient (Wildman–Crippen LogP) is 7.44. The number of aromatic nitrogens is 2. The standard InChI is InChI=1S/C43H55ClN9O4P/c1-57-38-26-34(16-17-36(38)49-42-47-28-35(44)41(51-42)48-37-6-4-5-7-39(37)58(2,3)56)52-23-18-32(19-24-52)46-22-21-45-27-29-8-10-30(11-9-29)31-12-14-33(15-13-31)53-25-20-40(54)50-43(53)55/h4-7,12-17,26,28-30,32,45-46H,8-11,18-25,27H2,1-3H3,(H,50,54,55)(H2,47,48,49,51). The highest BCUT2D eigenvalue weighted by atomic mass is 35.5. The van der Waals surface area contributed by atoms with E-state index in [0.717, 1.165) is 67.9 Å². The van der Waals surface area contributed by atoms with Crippen LogP contribution in [0.25, 0.3) is 0 Å². The molecule has 15 heteroatoms. The molecule has 2 saturated heterocycles. The Kier molecular flexibility index (Phi) is 13.5. The number of hydrogen-bond acceptors (Lipinski definition) is 11. The highest BCUT2D eigenvalue weighted by Gasteiger charge is 2.26. The molecule has 7 rings (SSSR count). The second kappa shape index (κ2) is 18.9. The summed E-state index contributed by atoms with van der Waals surface area (Å²) in [6.07, 6.45) is 8.82. The molecule has 1 aliphatic carbocycles. The fourth-order valence-corrected chi connectivity index (χ4v) is 9.54. The largest absolute Gasteiger partial charge is 0.494 e. The van der Waals surface area contributed by atoms with Crippen molar-refractivity contribution in [2.75, 3.05) is 80.1 Å². The number of amides is 3. The van der Waals surface area contributed by atoms with Crippen LogP contribution in [0.15, 0.2) is 72.9 Å². The van der Waals surface area contributed by atoms with Crippen LogP contribution in [0.5, 0.6) is 5.75 Å². The molecule has 0 atom stereocenters. The summed E-state index contributed by atoms with van der Waals surface area (Å²) in [4.78, 5) is 36.7. The van der Waals surface area contributed by atoms with Gasteiger partial charge in [-0.05, 0) is 112 Å². The minimum Gasteiger partial charge on any atom is -0.494 e. The molecule has 3 fully saturated rings. The van der Waals surface area contributed by atoms with Gasteiger partial charge < -0.3 is 35.5 Å². The molecule has 0 spiro atoms. The number of methoxy groups -OCH3 is 1. The number of anilines is 6. The maximum absolute atomic E-state index is 12.9. The van der Waals surface area contributed by atoms with Gasteiger partial charge in [0.2, 0.25) is 11.9 Å². The quantitative estimate of drug-likeness (QED) is 0.0601. The van der Waals surface area contributed by atoms with Crippen molar-refractivity contribution in [1.82, 2.24) is 25.9 Å². The van der Waals surface area contributed by atoms with Gasteiger partial charge in [0.05, 0.1) is 24.7 Å². The maximum atomic E-state index is 12.9. The fourth-order valence-electron chi connectivity index (χ4n) is 8.24. The summed E-state index contributed by atoms with van der Waals surface area (Å²) in [5.41, 5.74) is 4.72. The second-order valence-corrected chi connectivity index (χ2v) is 19.5. The first kappa shape index (κ1) is 41.5. The van der Waals surface area contributed by atoms with Crippen LogP contribution in [0.3, 0.4) is 0 Å². The third-order valence-corrected chi connectivity index (χ3v) is 13.3. The van der Waals surface area contributed by atoms with Crippen molar-refractivity contribution in [3.05, 3.63) is 83.5 Å². The van der Waals surface area contributed by atoms with E-state index in [0.29, 0.717) is 59.1 Å². The van der Waals surface area contributed by atoms with Crippen molar-refractivity contribution in [3.8, 4) is 5.75 Å². The average molecular weight is 828 g/mol. The number of para-hydroxylation sites is 1. The van der Waals surface area contributed by atoms with Gasteiger partial charge in [-0.1, -0.05) is 35.9 Å². The summed E-state index contributed by atoms with van der Waals surface area (Å²) in [6, 6.07) is 22.1. The zero-order chi connectivity index (χ0) is 40.6. The molecule has 5 N–H and O–H groups in total. The van der Waals surface area contributed by atoms with E-state index >= 15 is 0 Å². The molecule has 3 aromatic carbocycles. The minimum absolute atomic E-state index is 0.211. The third kappa shape index (κ3) is 10.5. The fraction of sp³-hybridized carbons (Fsp3) is 0.442. The van der Waals surface area contributed by atoms with Crippen molar-refractivity contribution < 1.29 is 18.9 Å². The molecule has 0 bridgehead atoms. The summed E-state index contributed by atoms with van der Waals surface area (Å²) in [5, 5.41) is 17.5. The molecular formula is C43H55ClN9O4P. The first-order chi connectivity index (χ1) is 28.0. The molecule has 3 heterocycles. The lowest BCUT2D eigenvalue weighted by molar-refractivity contribution is -0.120. The Labute approximate surface area is 346 Å². The van der Waals surface area contributed by atoms with Crippen LogP contribution in [0.1, 0.15) is 56.4 Å². The Hall–Kier alpha value is -4.68. The van der Waals surface area contributed by atoms with Gasteiger partial charge in [0, 0.05) is 67.9 Å². The van der Waals surface area contributed by atoms with Gasteiger partial charge in [-0.3, -0.25) is 15.0 Å². The molecule has 2 aliphatic heterocycles. The number of imide groups is 1. The number of nitrogens with one attached hydrogen (secondary N) is 5. The Morgan fingerprint density at radius 1 is 0.879 bits per heavy atom. The molecule has 3 aliphatic rings. The molecule has 308 valence electrons. The van der Waals surface area contributed by atoms with Crippen molar-refractivity contribution >= 4 is 70.5 Å². The molecule has 3 amide bonds. The van der Waals surface area contributed by atoms with E-state index in [-0.39, 0.29) is 11.9 Å². The Morgan fingerprint density at radius 3 is 2.34 bits per heavy atom. The summed E-state index contributed by atoms with van der Waals surface area (Å²) in [5.74, 6) is 2.50. The highest BCUT2D eigenvalue weighted by Crippen LogP contribution is 2.39. The van der Waals surface area contributed by atoms with Crippen LogP contribution in [0.2, 0.25) is 5.02 Å². The van der Waals surface area contributed by atoms with Gasteiger partial charge in [0.1, 0.15) is 17.9 Å². The lowest BCUT2D eigenvalue weighted by atomic mass is 9.78. The molecule has 0 unspecified atom stereocenters. The Bertz CT molecular complexity index is 2100. The molecule has 58 heavy (non-hydrogen) atoms. The number of hydrogen-bond donors (Lipinski definition) is 5. The zero-order valence-corrected chi connectivity index (χ0v) is 35.3. The molecule has 4 aromatic rings. The predicted molar refractivity (Wildman–Crippen MR) is 235 cm³/mol. The lowest BCUT2D eigenvalue weighted by Crippen LogP contribution is -2.49. The topological polar surface area (TPSA) is 153 Å². The number of halogens is 1. The van der Waals surface area contributed by atoms with Crippen LogP contribution in [0, 0.1) is 5.92 Å². The number of ether oxygens (including phenoxy) is 1. The zero-order valence-electron chi connectivity index (χ0n) is 33.6. The van der Waals surface area contributed by atoms with E-state index in [1.165, 1.54) is 37.4 Å². The normalized spacial score (nSPS) is 19.2. The van der Waals surface area contributed by atoms with Gasteiger partial charge in [-0.25, -0.2) is 9.78 Å². The van der Waals surface area contributed by atoms with Gasteiger partial charge in [0.15, 0.2) is 5.82 Å². The van der Waals surface area contributed by atoms with Crippen molar-refractivity contribution in [2.24, 2.45) is 5.92 Å².